The van der Waals surface area contributed by atoms with Crippen LogP contribution in [0.15, 0.2) is 29.3 Å². The number of methoxy groups -OCH3 is 1. The van der Waals surface area contributed by atoms with E-state index < -0.39 is 45.4 Å². The summed E-state index contributed by atoms with van der Waals surface area (Å²) in [5.41, 5.74) is 0.768. The van der Waals surface area contributed by atoms with Crippen molar-refractivity contribution in [2.45, 2.75) is 69.9 Å². The lowest BCUT2D eigenvalue weighted by Crippen LogP contribution is -2.33. The van der Waals surface area contributed by atoms with E-state index in [1.807, 2.05) is 4.72 Å². The topological polar surface area (TPSA) is 131 Å². The Labute approximate surface area is 240 Å². The van der Waals surface area contributed by atoms with Crippen molar-refractivity contribution in [3.63, 3.8) is 0 Å². The molecule has 0 bridgehead atoms. The van der Waals surface area contributed by atoms with Crippen LogP contribution in [0.25, 0.3) is 11.3 Å². The fraction of sp³-hybridized carbons (Fsp3) is 0.444. The van der Waals surface area contributed by atoms with Crippen LogP contribution in [0.2, 0.25) is 0 Å². The summed E-state index contributed by atoms with van der Waals surface area (Å²) in [5, 5.41) is 3.62. The van der Waals surface area contributed by atoms with Crippen LogP contribution in [0.3, 0.4) is 0 Å². The van der Waals surface area contributed by atoms with Gasteiger partial charge in [0, 0.05) is 24.4 Å². The second kappa shape index (κ2) is 10.8. The Morgan fingerprint density at radius 3 is 2.55 bits per heavy atom. The lowest BCUT2D eigenvalue weighted by molar-refractivity contribution is -0.286. The Kier molecular flexibility index (Phi) is 7.60. The molecule has 0 fully saturated rings. The number of rotatable bonds is 8. The molecule has 0 aliphatic carbocycles. The van der Waals surface area contributed by atoms with Gasteiger partial charge in [0.1, 0.15) is 18.4 Å². The molecule has 42 heavy (non-hydrogen) atoms. The van der Waals surface area contributed by atoms with Gasteiger partial charge in [-0.3, -0.25) is 4.79 Å². The Morgan fingerprint density at radius 1 is 1.17 bits per heavy atom. The van der Waals surface area contributed by atoms with Crippen molar-refractivity contribution in [1.82, 2.24) is 19.5 Å². The fourth-order valence-corrected chi connectivity index (χ4v) is 5.85. The van der Waals surface area contributed by atoms with Crippen LogP contribution < -0.4 is 18.9 Å². The Balaban J connectivity index is 1.46. The highest BCUT2D eigenvalue weighted by Gasteiger charge is 2.43. The van der Waals surface area contributed by atoms with Crippen molar-refractivity contribution in [2.24, 2.45) is 0 Å². The van der Waals surface area contributed by atoms with Crippen LogP contribution >= 0.6 is 0 Å². The number of carbonyl (C=O) groups is 1. The van der Waals surface area contributed by atoms with Crippen molar-refractivity contribution >= 4 is 15.9 Å². The van der Waals surface area contributed by atoms with Crippen molar-refractivity contribution in [2.75, 3.05) is 13.7 Å². The van der Waals surface area contributed by atoms with Gasteiger partial charge >= 0.3 is 6.29 Å². The summed E-state index contributed by atoms with van der Waals surface area (Å²) >= 11 is 0. The van der Waals surface area contributed by atoms with E-state index in [4.69, 9.17) is 9.47 Å². The van der Waals surface area contributed by atoms with Gasteiger partial charge in [-0.15, -0.1) is 8.78 Å². The van der Waals surface area contributed by atoms with E-state index in [1.165, 1.54) is 36.1 Å². The van der Waals surface area contributed by atoms with E-state index in [-0.39, 0.29) is 64.9 Å². The average Bonchev–Trinajstić information content (AvgIpc) is 3.46. The van der Waals surface area contributed by atoms with Gasteiger partial charge in [-0.05, 0) is 41.2 Å². The molecule has 4 heterocycles. The van der Waals surface area contributed by atoms with Crippen molar-refractivity contribution in [1.29, 1.82) is 0 Å². The highest BCUT2D eigenvalue weighted by Crippen LogP contribution is 2.44. The number of halogens is 3. The zero-order valence-electron chi connectivity index (χ0n) is 23.4. The molecular weight excluding hydrogens is 581 g/mol. The monoisotopic (exact) mass is 610 g/mol. The lowest BCUT2D eigenvalue weighted by Gasteiger charge is -2.22. The van der Waals surface area contributed by atoms with Gasteiger partial charge in [0.15, 0.2) is 17.3 Å². The number of sulfonamides is 1. The normalized spacial score (nSPS) is 17.3. The number of fused-ring (bicyclic) bond motifs is 2. The van der Waals surface area contributed by atoms with Crippen LogP contribution in [0.4, 0.5) is 13.2 Å². The first-order chi connectivity index (χ1) is 19.7. The molecule has 0 spiro atoms. The molecule has 2 aliphatic rings. The standard InChI is InChI=1S/C27H29F3N4O7S/c1-13(2)23-17(9-20(35)33-42(36,37)21-10-22-34(32-21)11-16(38-5)12-39-22)25(14(3)4)31-26(24(23)28)15-6-7-18-19(8-15)41-27(29,30)40-18/h6-8,10,13-14,16H,9,11-12H2,1-5H3,(H,33,35). The number of benzene rings is 1. The molecule has 15 heteroatoms. The number of hydrogen-bond donors (Lipinski definition) is 1. The van der Waals surface area contributed by atoms with Crippen LogP contribution in [-0.4, -0.2) is 55.2 Å². The molecule has 0 radical (unpaired) electrons. The third-order valence-electron chi connectivity index (χ3n) is 6.82. The Morgan fingerprint density at radius 2 is 1.88 bits per heavy atom. The van der Waals surface area contributed by atoms with E-state index in [9.17, 15) is 22.0 Å². The zero-order chi connectivity index (χ0) is 30.6. The quantitative estimate of drug-likeness (QED) is 0.400. The highest BCUT2D eigenvalue weighted by molar-refractivity contribution is 7.90. The minimum atomic E-state index is -4.39. The third kappa shape index (κ3) is 5.62. The molecule has 3 aromatic rings. The summed E-state index contributed by atoms with van der Waals surface area (Å²) in [5.74, 6) is -2.70. The number of ether oxygens (including phenoxy) is 4. The molecule has 1 atom stereocenters. The second-order valence-electron chi connectivity index (χ2n) is 10.6. The van der Waals surface area contributed by atoms with Crippen LogP contribution in [-0.2, 0) is 32.5 Å². The molecule has 1 aromatic carbocycles. The maximum Gasteiger partial charge on any atom is 0.586 e. The van der Waals surface area contributed by atoms with Gasteiger partial charge in [0.05, 0.1) is 13.0 Å². The van der Waals surface area contributed by atoms with Crippen molar-refractivity contribution in [3.8, 4) is 28.6 Å². The van der Waals surface area contributed by atoms with Gasteiger partial charge in [-0.1, -0.05) is 27.7 Å². The number of nitrogens with zero attached hydrogens (tertiary/aromatic N) is 3. The maximum absolute atomic E-state index is 16.1. The summed E-state index contributed by atoms with van der Waals surface area (Å²) in [6, 6.07) is 5.03. The summed E-state index contributed by atoms with van der Waals surface area (Å²) < 4.78 is 92.2. The first kappa shape index (κ1) is 29.6. The minimum Gasteiger partial charge on any atom is -0.475 e. The van der Waals surface area contributed by atoms with E-state index in [2.05, 4.69) is 19.6 Å². The second-order valence-corrected chi connectivity index (χ2v) is 12.2. The number of carbonyl (C=O) groups excluding carboxylic acids is 1. The highest BCUT2D eigenvalue weighted by atomic mass is 32.2. The SMILES string of the molecule is COC1COc2cc(S(=O)(=O)NC(=O)Cc3c(C(C)C)nc(-c4ccc5c(c4)OC(F)(F)O5)c(F)c3C(C)C)nn2C1. The number of nitrogens with one attached hydrogen (secondary N) is 1. The summed E-state index contributed by atoms with van der Waals surface area (Å²) in [6.07, 6.45) is -4.64. The Hall–Kier alpha value is -3.85. The first-order valence-corrected chi connectivity index (χ1v) is 14.6. The molecule has 0 saturated heterocycles. The number of hydrogen-bond acceptors (Lipinski definition) is 9. The Bertz CT molecular complexity index is 1660. The van der Waals surface area contributed by atoms with Gasteiger partial charge in [-0.25, -0.2) is 18.8 Å². The molecule has 2 aliphatic heterocycles. The summed E-state index contributed by atoms with van der Waals surface area (Å²) in [4.78, 5) is 17.6. The van der Waals surface area contributed by atoms with Crippen LogP contribution in [0.5, 0.6) is 17.4 Å². The number of aromatic nitrogens is 3. The third-order valence-corrected chi connectivity index (χ3v) is 8.06. The van der Waals surface area contributed by atoms with Crippen molar-refractivity contribution in [3.05, 3.63) is 46.9 Å². The molecule has 2 aromatic heterocycles. The predicted octanol–water partition coefficient (Wildman–Crippen LogP) is 4.11. The number of pyridine rings is 1. The molecule has 1 N–H and O–H groups in total. The van der Waals surface area contributed by atoms with Gasteiger partial charge < -0.3 is 18.9 Å². The van der Waals surface area contributed by atoms with Gasteiger partial charge in [0.2, 0.25) is 16.8 Å². The zero-order valence-corrected chi connectivity index (χ0v) is 24.2. The summed E-state index contributed by atoms with van der Waals surface area (Å²) in [6.45, 7) is 7.50. The van der Waals surface area contributed by atoms with Crippen LogP contribution in [0, 0.1) is 5.82 Å². The molecule has 226 valence electrons. The minimum absolute atomic E-state index is 0.126. The fourth-order valence-electron chi connectivity index (χ4n) is 4.91. The van der Waals surface area contributed by atoms with Gasteiger partial charge in [-0.2, -0.15) is 13.5 Å². The van der Waals surface area contributed by atoms with E-state index in [0.717, 1.165) is 0 Å². The van der Waals surface area contributed by atoms with E-state index in [0.29, 0.717) is 5.69 Å². The molecule has 5 rings (SSSR count). The van der Waals surface area contributed by atoms with Crippen LogP contribution in [0.1, 0.15) is 56.4 Å². The smallest absolute Gasteiger partial charge is 0.475 e. The molecule has 0 saturated carbocycles. The molecule has 1 unspecified atom stereocenters. The molecule has 11 nitrogen and oxygen atoms in total. The summed E-state index contributed by atoms with van der Waals surface area (Å²) in [7, 11) is -2.90. The average molecular weight is 611 g/mol. The molecular formula is C27H29F3N4O7S. The maximum atomic E-state index is 16.1. The number of amides is 1. The first-order valence-electron chi connectivity index (χ1n) is 13.1. The largest absolute Gasteiger partial charge is 0.586 e. The van der Waals surface area contributed by atoms with Crippen molar-refractivity contribution < 1.29 is 45.3 Å². The van der Waals surface area contributed by atoms with E-state index >= 15 is 4.39 Å². The lowest BCUT2D eigenvalue weighted by atomic mass is 9.88. The van der Waals surface area contributed by atoms with Gasteiger partial charge in [0.25, 0.3) is 10.0 Å². The predicted molar refractivity (Wildman–Crippen MR) is 142 cm³/mol. The molecule has 1 amide bonds. The number of alkyl halides is 2. The van der Waals surface area contributed by atoms with E-state index in [1.54, 1.807) is 27.7 Å².